The van der Waals surface area contributed by atoms with Gasteiger partial charge in [-0.3, -0.25) is 14.5 Å². The molecule has 0 aromatic heterocycles. The monoisotopic (exact) mass is 421 g/mol. The number of carbonyl (C=O) groups excluding carboxylic acids is 2. The SMILES string of the molecule is CC(=O)NC(CC(=O)NCc1ccccc1CN1CCCC(C)C1)c1ccc(C)cc1. The first kappa shape index (κ1) is 23.0. The van der Waals surface area contributed by atoms with Crippen molar-refractivity contribution in [1.82, 2.24) is 15.5 Å². The van der Waals surface area contributed by atoms with Crippen molar-refractivity contribution >= 4 is 11.8 Å². The first-order valence-corrected chi connectivity index (χ1v) is 11.3. The summed E-state index contributed by atoms with van der Waals surface area (Å²) in [6.07, 6.45) is 2.78. The molecule has 0 radical (unpaired) electrons. The molecule has 3 rings (SSSR count). The summed E-state index contributed by atoms with van der Waals surface area (Å²) in [5.41, 5.74) is 4.51. The normalized spacial score (nSPS) is 17.7. The third kappa shape index (κ3) is 7.21. The Hall–Kier alpha value is -2.66. The number of hydrogen-bond donors (Lipinski definition) is 2. The number of nitrogens with zero attached hydrogens (tertiary/aromatic N) is 1. The van der Waals surface area contributed by atoms with Crippen LogP contribution in [0.15, 0.2) is 48.5 Å². The van der Waals surface area contributed by atoms with Gasteiger partial charge in [0.15, 0.2) is 0 Å². The molecule has 1 saturated heterocycles. The van der Waals surface area contributed by atoms with Crippen molar-refractivity contribution in [3.8, 4) is 0 Å². The summed E-state index contributed by atoms with van der Waals surface area (Å²) in [5, 5.41) is 5.97. The summed E-state index contributed by atoms with van der Waals surface area (Å²) in [7, 11) is 0. The lowest BCUT2D eigenvalue weighted by Crippen LogP contribution is -2.34. The number of aryl methyl sites for hydroxylation is 1. The zero-order valence-electron chi connectivity index (χ0n) is 19.0. The van der Waals surface area contributed by atoms with E-state index in [4.69, 9.17) is 0 Å². The van der Waals surface area contributed by atoms with Crippen molar-refractivity contribution < 1.29 is 9.59 Å². The van der Waals surface area contributed by atoms with E-state index in [9.17, 15) is 9.59 Å². The van der Waals surface area contributed by atoms with E-state index >= 15 is 0 Å². The van der Waals surface area contributed by atoms with Crippen LogP contribution >= 0.6 is 0 Å². The van der Waals surface area contributed by atoms with Gasteiger partial charge in [-0.25, -0.2) is 0 Å². The van der Waals surface area contributed by atoms with Gasteiger partial charge in [0.25, 0.3) is 0 Å². The van der Waals surface area contributed by atoms with Crippen LogP contribution in [-0.4, -0.2) is 29.8 Å². The second-order valence-electron chi connectivity index (χ2n) is 8.90. The van der Waals surface area contributed by atoms with E-state index in [1.54, 1.807) is 0 Å². The van der Waals surface area contributed by atoms with Gasteiger partial charge in [0.1, 0.15) is 0 Å². The lowest BCUT2D eigenvalue weighted by molar-refractivity contribution is -0.122. The fraction of sp³-hybridized carbons (Fsp3) is 0.462. The van der Waals surface area contributed by atoms with Gasteiger partial charge in [-0.2, -0.15) is 0 Å². The quantitative estimate of drug-likeness (QED) is 0.674. The minimum Gasteiger partial charge on any atom is -0.352 e. The number of carbonyl (C=O) groups is 2. The van der Waals surface area contributed by atoms with Gasteiger partial charge in [-0.1, -0.05) is 61.0 Å². The maximum Gasteiger partial charge on any atom is 0.222 e. The highest BCUT2D eigenvalue weighted by molar-refractivity contribution is 5.79. The van der Waals surface area contributed by atoms with E-state index in [0.29, 0.717) is 6.54 Å². The van der Waals surface area contributed by atoms with Crippen LogP contribution in [-0.2, 0) is 22.7 Å². The number of amides is 2. The second kappa shape index (κ2) is 11.1. The number of likely N-dealkylation sites (tertiary alicyclic amines) is 1. The van der Waals surface area contributed by atoms with E-state index in [-0.39, 0.29) is 24.3 Å². The first-order valence-electron chi connectivity index (χ1n) is 11.3. The highest BCUT2D eigenvalue weighted by atomic mass is 16.2. The standard InChI is InChI=1S/C26H35N3O2/c1-19-10-12-22(13-11-19)25(28-21(3)30)15-26(31)27-16-23-8-4-5-9-24(23)18-29-14-6-7-20(2)17-29/h4-5,8-13,20,25H,6-7,14-18H2,1-3H3,(H,27,31)(H,28,30). The van der Waals surface area contributed by atoms with Crippen LogP contribution in [0.3, 0.4) is 0 Å². The summed E-state index contributed by atoms with van der Waals surface area (Å²) in [4.78, 5) is 26.9. The molecule has 31 heavy (non-hydrogen) atoms. The van der Waals surface area contributed by atoms with Crippen molar-refractivity contribution in [2.75, 3.05) is 13.1 Å². The molecule has 2 N–H and O–H groups in total. The van der Waals surface area contributed by atoms with Gasteiger partial charge < -0.3 is 10.6 Å². The molecule has 1 aliphatic heterocycles. The molecule has 0 aliphatic carbocycles. The minimum atomic E-state index is -0.330. The van der Waals surface area contributed by atoms with Gasteiger partial charge in [0.2, 0.25) is 11.8 Å². The fourth-order valence-corrected chi connectivity index (χ4v) is 4.30. The summed E-state index contributed by atoms with van der Waals surface area (Å²) in [6, 6.07) is 16.0. The lowest BCUT2D eigenvalue weighted by atomic mass is 9.99. The molecule has 5 nitrogen and oxygen atoms in total. The molecule has 2 atom stereocenters. The highest BCUT2D eigenvalue weighted by Gasteiger charge is 2.19. The fourth-order valence-electron chi connectivity index (χ4n) is 4.30. The van der Waals surface area contributed by atoms with Crippen LogP contribution in [0, 0.1) is 12.8 Å². The van der Waals surface area contributed by atoms with Crippen molar-refractivity contribution in [2.45, 2.75) is 59.2 Å². The third-order valence-corrected chi connectivity index (χ3v) is 5.98. The maximum atomic E-state index is 12.7. The molecule has 5 heteroatoms. The molecule has 0 saturated carbocycles. The molecule has 1 fully saturated rings. The van der Waals surface area contributed by atoms with Crippen LogP contribution in [0.5, 0.6) is 0 Å². The number of benzene rings is 2. The van der Waals surface area contributed by atoms with Gasteiger partial charge in [-0.05, 0) is 48.9 Å². The molecule has 166 valence electrons. The number of piperidine rings is 1. The second-order valence-corrected chi connectivity index (χ2v) is 8.90. The molecule has 2 unspecified atom stereocenters. The molecule has 1 aliphatic rings. The van der Waals surface area contributed by atoms with E-state index in [2.05, 4.69) is 40.7 Å². The Balaban J connectivity index is 1.60. The molecule has 2 amide bonds. The Morgan fingerprint density at radius 3 is 2.48 bits per heavy atom. The molecule has 2 aromatic rings. The topological polar surface area (TPSA) is 61.4 Å². The van der Waals surface area contributed by atoms with E-state index in [1.165, 1.54) is 25.3 Å². The van der Waals surface area contributed by atoms with Gasteiger partial charge in [0.05, 0.1) is 12.5 Å². The number of rotatable bonds is 8. The summed E-state index contributed by atoms with van der Waals surface area (Å²) < 4.78 is 0. The Morgan fingerprint density at radius 2 is 1.81 bits per heavy atom. The molecule has 2 aromatic carbocycles. The predicted molar refractivity (Wildman–Crippen MR) is 124 cm³/mol. The number of nitrogens with one attached hydrogen (secondary N) is 2. The van der Waals surface area contributed by atoms with Gasteiger partial charge in [0, 0.05) is 26.6 Å². The van der Waals surface area contributed by atoms with E-state index < -0.39 is 0 Å². The van der Waals surface area contributed by atoms with Gasteiger partial charge >= 0.3 is 0 Å². The summed E-state index contributed by atoms with van der Waals surface area (Å²) in [6.45, 7) is 9.52. The minimum absolute atomic E-state index is 0.0688. The van der Waals surface area contributed by atoms with Crippen molar-refractivity contribution in [3.05, 3.63) is 70.8 Å². The average molecular weight is 422 g/mol. The zero-order chi connectivity index (χ0) is 22.2. The molecule has 1 heterocycles. The predicted octanol–water partition coefficient (Wildman–Crippen LogP) is 4.11. The van der Waals surface area contributed by atoms with Crippen molar-refractivity contribution in [1.29, 1.82) is 0 Å². The van der Waals surface area contributed by atoms with Gasteiger partial charge in [-0.15, -0.1) is 0 Å². The zero-order valence-corrected chi connectivity index (χ0v) is 19.0. The van der Waals surface area contributed by atoms with Crippen LogP contribution in [0.1, 0.15) is 61.4 Å². The Morgan fingerprint density at radius 1 is 1.10 bits per heavy atom. The van der Waals surface area contributed by atoms with Crippen LogP contribution in [0.4, 0.5) is 0 Å². The van der Waals surface area contributed by atoms with Crippen LogP contribution < -0.4 is 10.6 Å². The Bertz CT molecular complexity index is 878. The van der Waals surface area contributed by atoms with E-state index in [1.807, 2.05) is 37.3 Å². The highest BCUT2D eigenvalue weighted by Crippen LogP contribution is 2.20. The van der Waals surface area contributed by atoms with Crippen molar-refractivity contribution in [3.63, 3.8) is 0 Å². The lowest BCUT2D eigenvalue weighted by Gasteiger charge is -2.31. The third-order valence-electron chi connectivity index (χ3n) is 5.98. The average Bonchev–Trinajstić information content (AvgIpc) is 2.73. The Kier molecular flexibility index (Phi) is 8.24. The molecule has 0 spiro atoms. The first-order chi connectivity index (χ1) is 14.9. The largest absolute Gasteiger partial charge is 0.352 e. The summed E-state index contributed by atoms with van der Waals surface area (Å²) >= 11 is 0. The smallest absolute Gasteiger partial charge is 0.222 e. The Labute approximate surface area is 186 Å². The van der Waals surface area contributed by atoms with Crippen LogP contribution in [0.2, 0.25) is 0 Å². The van der Waals surface area contributed by atoms with Crippen LogP contribution in [0.25, 0.3) is 0 Å². The molecule has 0 bridgehead atoms. The van der Waals surface area contributed by atoms with Crippen molar-refractivity contribution in [2.24, 2.45) is 5.92 Å². The van der Waals surface area contributed by atoms with E-state index in [0.717, 1.165) is 42.2 Å². The number of hydrogen-bond acceptors (Lipinski definition) is 3. The summed E-state index contributed by atoms with van der Waals surface area (Å²) in [5.74, 6) is 0.535. The molecular weight excluding hydrogens is 386 g/mol. The molecular formula is C26H35N3O2. The maximum absolute atomic E-state index is 12.7.